The molecule has 0 N–H and O–H groups in total. The minimum atomic E-state index is 0.383. The number of aromatic nitrogens is 3. The standard InChI is InChI=1S/C58H43N3S2/c1-2-36-32-41(28-30-43(36)45-24-15-25-46-44-22-10-12-26-52(44)62-56(45)46)51-35-50(37-16-6-3-4-7-17-37)60-58(61-51)42-21-14-20-39(33-42)40-29-31-49-48(34-40)54-47-23-11-13-27-53(47)63-57(54)55(59-49)38-18-8-5-9-19-38/h3,5-31,33-36,44,52H,2,4,32H2,1H3. The highest BCUT2D eigenvalue weighted by Gasteiger charge is 2.34. The van der Waals surface area contributed by atoms with E-state index in [-0.39, 0.29) is 0 Å². The Hall–Kier alpha value is -6.66. The lowest BCUT2D eigenvalue weighted by atomic mass is 9.80. The van der Waals surface area contributed by atoms with Crippen LogP contribution in [-0.2, 0) is 0 Å². The Balaban J connectivity index is 0.959. The van der Waals surface area contributed by atoms with Crippen molar-refractivity contribution in [2.45, 2.75) is 42.2 Å². The Morgan fingerprint density at radius 1 is 0.651 bits per heavy atom. The zero-order chi connectivity index (χ0) is 41.9. The molecule has 0 spiro atoms. The van der Waals surface area contributed by atoms with Gasteiger partial charge >= 0.3 is 0 Å². The summed E-state index contributed by atoms with van der Waals surface area (Å²) in [6.45, 7) is 2.33. The number of fused-ring (bicyclic) bond motifs is 8. The molecular formula is C58H43N3S2. The van der Waals surface area contributed by atoms with Gasteiger partial charge in [-0.1, -0.05) is 165 Å². The van der Waals surface area contributed by atoms with Crippen LogP contribution in [-0.4, -0.2) is 20.2 Å². The average Bonchev–Trinajstić information content (AvgIpc) is 3.81. The number of thiophene rings is 1. The van der Waals surface area contributed by atoms with Crippen LogP contribution in [0.4, 0.5) is 0 Å². The van der Waals surface area contributed by atoms with Gasteiger partial charge in [-0.05, 0) is 94.5 Å². The van der Waals surface area contributed by atoms with Crippen LogP contribution >= 0.6 is 23.1 Å². The summed E-state index contributed by atoms with van der Waals surface area (Å²) < 4.78 is 2.49. The van der Waals surface area contributed by atoms with Gasteiger partial charge in [-0.15, -0.1) is 23.1 Å². The second kappa shape index (κ2) is 15.9. The fourth-order valence-corrected chi connectivity index (χ4v) is 12.6. The summed E-state index contributed by atoms with van der Waals surface area (Å²) in [5, 5.41) is 4.18. The van der Waals surface area contributed by atoms with Crippen LogP contribution in [0.1, 0.15) is 54.6 Å². The Morgan fingerprint density at radius 2 is 1.48 bits per heavy atom. The molecule has 4 aliphatic rings. The number of rotatable bonds is 7. The van der Waals surface area contributed by atoms with Crippen LogP contribution in [0.3, 0.4) is 0 Å². The van der Waals surface area contributed by atoms with Crippen molar-refractivity contribution in [3.63, 3.8) is 0 Å². The zero-order valence-electron chi connectivity index (χ0n) is 34.9. The normalized spacial score (nSPS) is 18.9. The van der Waals surface area contributed by atoms with Gasteiger partial charge in [0.1, 0.15) is 0 Å². The van der Waals surface area contributed by atoms with E-state index in [9.17, 15) is 0 Å². The van der Waals surface area contributed by atoms with Gasteiger partial charge in [-0.3, -0.25) is 0 Å². The van der Waals surface area contributed by atoms with Crippen molar-refractivity contribution in [2.75, 3.05) is 0 Å². The van der Waals surface area contributed by atoms with E-state index in [4.69, 9.17) is 15.0 Å². The van der Waals surface area contributed by atoms with Gasteiger partial charge in [0, 0.05) is 48.0 Å². The second-order valence-electron chi connectivity index (χ2n) is 16.8. The third-order valence-corrected chi connectivity index (χ3v) is 15.7. The molecule has 0 saturated carbocycles. The third-order valence-electron chi connectivity index (χ3n) is 13.1. The number of pyridine rings is 1. The van der Waals surface area contributed by atoms with Crippen LogP contribution in [0, 0.1) is 5.92 Å². The van der Waals surface area contributed by atoms with E-state index in [0.717, 1.165) is 75.5 Å². The molecule has 0 amide bonds. The van der Waals surface area contributed by atoms with E-state index in [0.29, 0.717) is 17.1 Å². The first-order valence-electron chi connectivity index (χ1n) is 22.1. The molecule has 3 atom stereocenters. The second-order valence-corrected chi connectivity index (χ2v) is 19.1. The zero-order valence-corrected chi connectivity index (χ0v) is 36.5. The molecule has 3 unspecified atom stereocenters. The van der Waals surface area contributed by atoms with E-state index < -0.39 is 0 Å². The summed E-state index contributed by atoms with van der Waals surface area (Å²) in [5.74, 6) is 1.57. The maximum absolute atomic E-state index is 5.40. The van der Waals surface area contributed by atoms with E-state index in [1.54, 1.807) is 0 Å². The van der Waals surface area contributed by atoms with Gasteiger partial charge in [-0.2, -0.15) is 0 Å². The molecule has 3 nitrogen and oxygen atoms in total. The predicted octanol–water partition coefficient (Wildman–Crippen LogP) is 15.9. The minimum Gasteiger partial charge on any atom is -0.246 e. The summed E-state index contributed by atoms with van der Waals surface area (Å²) in [6, 6.07) is 44.0. The number of allylic oxidation sites excluding steroid dienone is 13. The van der Waals surface area contributed by atoms with Crippen molar-refractivity contribution < 1.29 is 0 Å². The first-order valence-corrected chi connectivity index (χ1v) is 23.8. The quantitative estimate of drug-likeness (QED) is 0.160. The number of nitrogens with zero attached hydrogens (tertiary/aromatic N) is 3. The first-order chi connectivity index (χ1) is 31.2. The molecule has 3 aromatic heterocycles. The SMILES string of the molecule is CCC1CC(c2cc(C3=CC=CCC=C3)nc(-c3cccc(-c4ccc5nc(-c6ccccc6)c6sc7ccccc7c6c5c4)c3)n2)=CC=C1c1cccc2c1SC1C=CC=CC21. The summed E-state index contributed by atoms with van der Waals surface area (Å²) in [7, 11) is 0. The Morgan fingerprint density at radius 3 is 2.41 bits per heavy atom. The highest BCUT2D eigenvalue weighted by Crippen LogP contribution is 2.52. The first kappa shape index (κ1) is 38.0. The lowest BCUT2D eigenvalue weighted by Gasteiger charge is -2.26. The van der Waals surface area contributed by atoms with Crippen molar-refractivity contribution >= 4 is 70.9 Å². The topological polar surface area (TPSA) is 38.7 Å². The van der Waals surface area contributed by atoms with Crippen LogP contribution in [0.25, 0.3) is 81.6 Å². The number of thioether (sulfide) groups is 1. The summed E-state index contributed by atoms with van der Waals surface area (Å²) in [4.78, 5) is 17.5. The van der Waals surface area contributed by atoms with Gasteiger partial charge in [0.25, 0.3) is 0 Å². The maximum Gasteiger partial charge on any atom is 0.160 e. The van der Waals surface area contributed by atoms with Gasteiger partial charge in [-0.25, -0.2) is 15.0 Å². The highest BCUT2D eigenvalue weighted by molar-refractivity contribution is 8.00. The number of benzene rings is 5. The van der Waals surface area contributed by atoms with Crippen molar-refractivity contribution in [2.24, 2.45) is 5.92 Å². The predicted molar refractivity (Wildman–Crippen MR) is 269 cm³/mol. The third kappa shape index (κ3) is 6.78. The maximum atomic E-state index is 5.40. The number of hydrogen-bond donors (Lipinski definition) is 0. The van der Waals surface area contributed by atoms with E-state index >= 15 is 0 Å². The Labute approximate surface area is 376 Å². The van der Waals surface area contributed by atoms with E-state index in [1.165, 1.54) is 52.7 Å². The summed E-state index contributed by atoms with van der Waals surface area (Å²) in [6.07, 6.45) is 27.7. The molecule has 0 bridgehead atoms. The lowest BCUT2D eigenvalue weighted by Crippen LogP contribution is -2.10. The Kier molecular flexibility index (Phi) is 9.61. The van der Waals surface area contributed by atoms with Gasteiger partial charge in [0.2, 0.25) is 0 Å². The molecule has 0 fully saturated rings. The molecule has 0 saturated heterocycles. The fourth-order valence-electron chi connectivity index (χ4n) is 9.86. The molecule has 4 heterocycles. The number of hydrogen-bond acceptors (Lipinski definition) is 5. The van der Waals surface area contributed by atoms with Gasteiger partial charge in [0.15, 0.2) is 5.82 Å². The molecular weight excluding hydrogens is 803 g/mol. The van der Waals surface area contributed by atoms with Gasteiger partial charge in [0.05, 0.1) is 27.3 Å². The van der Waals surface area contributed by atoms with Crippen LogP contribution in [0.15, 0.2) is 193 Å². The van der Waals surface area contributed by atoms with Crippen LogP contribution in [0.5, 0.6) is 0 Å². The lowest BCUT2D eigenvalue weighted by molar-refractivity contribution is 0.658. The molecule has 1 aliphatic heterocycles. The fraction of sp³-hybridized carbons (Fsp3) is 0.121. The summed E-state index contributed by atoms with van der Waals surface area (Å²) in [5.41, 5.74) is 15.0. The van der Waals surface area contributed by atoms with E-state index in [2.05, 4.69) is 195 Å². The smallest absolute Gasteiger partial charge is 0.160 e. The van der Waals surface area contributed by atoms with Gasteiger partial charge < -0.3 is 0 Å². The largest absolute Gasteiger partial charge is 0.246 e. The molecule has 8 aromatic rings. The molecule has 12 rings (SSSR count). The highest BCUT2D eigenvalue weighted by atomic mass is 32.2. The van der Waals surface area contributed by atoms with E-state index in [1.807, 2.05) is 23.1 Å². The molecule has 3 aliphatic carbocycles. The molecule has 0 radical (unpaired) electrons. The van der Waals surface area contributed by atoms with Crippen molar-refractivity contribution in [3.8, 4) is 33.8 Å². The molecule has 5 aromatic carbocycles. The average molecular weight is 846 g/mol. The van der Waals surface area contributed by atoms with Crippen molar-refractivity contribution in [1.29, 1.82) is 0 Å². The summed E-state index contributed by atoms with van der Waals surface area (Å²) >= 11 is 3.86. The van der Waals surface area contributed by atoms with Crippen LogP contribution < -0.4 is 0 Å². The monoisotopic (exact) mass is 845 g/mol. The molecule has 5 heteroatoms. The van der Waals surface area contributed by atoms with Crippen LogP contribution in [0.2, 0.25) is 0 Å². The van der Waals surface area contributed by atoms with Crippen molar-refractivity contribution in [3.05, 3.63) is 211 Å². The molecule has 63 heavy (non-hydrogen) atoms. The molecule has 302 valence electrons. The Bertz CT molecular complexity index is 3380. The van der Waals surface area contributed by atoms with Crippen molar-refractivity contribution in [1.82, 2.24) is 15.0 Å². The minimum absolute atomic E-state index is 0.383.